The van der Waals surface area contributed by atoms with E-state index in [1.807, 2.05) is 7.05 Å². The summed E-state index contributed by atoms with van der Waals surface area (Å²) in [7, 11) is 1.86. The number of hydrogen-bond donors (Lipinski definition) is 2. The Morgan fingerprint density at radius 1 is 1.73 bits per heavy atom. The van der Waals surface area contributed by atoms with E-state index in [9.17, 15) is 0 Å². The molecular formula is C10H18N4O. The van der Waals surface area contributed by atoms with Gasteiger partial charge in [-0.1, -0.05) is 0 Å². The van der Waals surface area contributed by atoms with E-state index in [1.54, 1.807) is 10.9 Å². The molecular weight excluding hydrogens is 192 g/mol. The monoisotopic (exact) mass is 210 g/mol. The molecule has 5 heteroatoms. The molecule has 2 rings (SSSR count). The van der Waals surface area contributed by atoms with Gasteiger partial charge in [-0.2, -0.15) is 5.10 Å². The van der Waals surface area contributed by atoms with Gasteiger partial charge < -0.3 is 15.8 Å². The Bertz CT molecular complexity index is 330. The summed E-state index contributed by atoms with van der Waals surface area (Å²) < 4.78 is 7.30. The van der Waals surface area contributed by atoms with Crippen LogP contribution in [0, 0.1) is 0 Å². The highest BCUT2D eigenvalue weighted by Crippen LogP contribution is 2.21. The zero-order valence-electron chi connectivity index (χ0n) is 9.23. The average molecular weight is 210 g/mol. The fourth-order valence-electron chi connectivity index (χ4n) is 1.92. The number of hydrogen-bond acceptors (Lipinski definition) is 4. The van der Waals surface area contributed by atoms with Gasteiger partial charge in [-0.25, -0.2) is 0 Å². The number of nitrogen functional groups attached to an aromatic ring is 1. The fraction of sp³-hybridized carbons (Fsp3) is 0.700. The van der Waals surface area contributed by atoms with E-state index in [2.05, 4.69) is 17.3 Å². The largest absolute Gasteiger partial charge is 0.394 e. The van der Waals surface area contributed by atoms with E-state index < -0.39 is 0 Å². The van der Waals surface area contributed by atoms with Crippen LogP contribution in [-0.4, -0.2) is 28.5 Å². The maximum Gasteiger partial charge on any atom is 0.171 e. The molecule has 0 aliphatic carbocycles. The summed E-state index contributed by atoms with van der Waals surface area (Å²) in [4.78, 5) is 0. The topological polar surface area (TPSA) is 65.1 Å². The highest BCUT2D eigenvalue weighted by atomic mass is 16.5. The molecule has 2 unspecified atom stereocenters. The molecule has 1 aromatic rings. The number of rotatable bonds is 3. The van der Waals surface area contributed by atoms with Gasteiger partial charge in [0.2, 0.25) is 0 Å². The van der Waals surface area contributed by atoms with Crippen LogP contribution in [0.1, 0.15) is 19.8 Å². The van der Waals surface area contributed by atoms with Gasteiger partial charge in [0.1, 0.15) is 0 Å². The van der Waals surface area contributed by atoms with Crippen LogP contribution in [0.3, 0.4) is 0 Å². The molecule has 1 saturated heterocycles. The van der Waals surface area contributed by atoms with Crippen LogP contribution in [0.2, 0.25) is 0 Å². The molecule has 0 bridgehead atoms. The molecule has 1 aliphatic heterocycles. The van der Waals surface area contributed by atoms with Gasteiger partial charge in [-0.15, -0.1) is 0 Å². The maximum atomic E-state index is 5.80. The van der Waals surface area contributed by atoms with Crippen LogP contribution in [-0.2, 0) is 11.8 Å². The lowest BCUT2D eigenvalue weighted by Crippen LogP contribution is -2.30. The van der Waals surface area contributed by atoms with Gasteiger partial charge in [0.15, 0.2) is 5.82 Å². The number of aryl methyl sites for hydroxylation is 1. The predicted octanol–water partition coefficient (Wildman–Crippen LogP) is 0.982. The van der Waals surface area contributed by atoms with E-state index in [-0.39, 0.29) is 12.1 Å². The normalized spacial score (nSPS) is 22.9. The van der Waals surface area contributed by atoms with Crippen molar-refractivity contribution in [3.05, 3.63) is 6.20 Å². The van der Waals surface area contributed by atoms with Gasteiger partial charge in [-0.05, 0) is 19.8 Å². The molecule has 5 nitrogen and oxygen atoms in total. The van der Waals surface area contributed by atoms with Gasteiger partial charge in [-0.3, -0.25) is 4.68 Å². The molecule has 84 valence electrons. The Kier molecular flexibility index (Phi) is 2.81. The summed E-state index contributed by atoms with van der Waals surface area (Å²) in [5.74, 6) is 0.750. The van der Waals surface area contributed by atoms with Crippen LogP contribution in [0.25, 0.3) is 0 Å². The van der Waals surface area contributed by atoms with E-state index >= 15 is 0 Å². The van der Waals surface area contributed by atoms with Crippen molar-refractivity contribution in [3.63, 3.8) is 0 Å². The third-order valence-corrected chi connectivity index (χ3v) is 2.74. The Balaban J connectivity index is 1.98. The lowest BCUT2D eigenvalue weighted by molar-refractivity contribution is 0.0995. The lowest BCUT2D eigenvalue weighted by atomic mass is 10.1. The Morgan fingerprint density at radius 3 is 3.07 bits per heavy atom. The Labute approximate surface area is 89.6 Å². The molecule has 0 aromatic carbocycles. The number of nitrogens with two attached hydrogens (primary N) is 1. The third-order valence-electron chi connectivity index (χ3n) is 2.74. The number of nitrogens with one attached hydrogen (secondary N) is 1. The van der Waals surface area contributed by atoms with Crippen LogP contribution in [0.15, 0.2) is 6.20 Å². The van der Waals surface area contributed by atoms with E-state index in [0.29, 0.717) is 5.69 Å². The van der Waals surface area contributed by atoms with Crippen LogP contribution < -0.4 is 11.1 Å². The van der Waals surface area contributed by atoms with Crippen molar-refractivity contribution in [2.45, 2.75) is 31.9 Å². The molecule has 1 aliphatic rings. The predicted molar refractivity (Wildman–Crippen MR) is 59.7 cm³/mol. The third kappa shape index (κ3) is 2.23. The zero-order chi connectivity index (χ0) is 10.8. The zero-order valence-corrected chi connectivity index (χ0v) is 9.23. The van der Waals surface area contributed by atoms with Crippen LogP contribution >= 0.6 is 0 Å². The molecule has 2 atom stereocenters. The van der Waals surface area contributed by atoms with E-state index in [1.165, 1.54) is 0 Å². The second kappa shape index (κ2) is 4.10. The minimum Gasteiger partial charge on any atom is -0.394 e. The number of nitrogens with zero attached hydrogens (tertiary/aromatic N) is 2. The SMILES string of the molecule is CC(Nc1nn(C)cc1N)C1CCCO1. The van der Waals surface area contributed by atoms with Crippen LogP contribution in [0.5, 0.6) is 0 Å². The average Bonchev–Trinajstić information content (AvgIpc) is 2.76. The highest BCUT2D eigenvalue weighted by Gasteiger charge is 2.23. The summed E-state index contributed by atoms with van der Waals surface area (Å²) in [6.07, 6.45) is 4.34. The lowest BCUT2D eigenvalue weighted by Gasteiger charge is -2.19. The molecule has 0 amide bonds. The van der Waals surface area contributed by atoms with Crippen molar-refractivity contribution in [2.75, 3.05) is 17.7 Å². The molecule has 3 N–H and O–H groups in total. The minimum atomic E-state index is 0.254. The molecule has 0 radical (unpaired) electrons. The minimum absolute atomic E-state index is 0.254. The first kappa shape index (κ1) is 10.3. The molecule has 0 saturated carbocycles. The van der Waals surface area contributed by atoms with Crippen LogP contribution in [0.4, 0.5) is 11.5 Å². The molecule has 1 fully saturated rings. The van der Waals surface area contributed by atoms with Crippen molar-refractivity contribution in [3.8, 4) is 0 Å². The first-order valence-corrected chi connectivity index (χ1v) is 5.34. The van der Waals surface area contributed by atoms with Gasteiger partial charge in [0.25, 0.3) is 0 Å². The molecule has 0 spiro atoms. The van der Waals surface area contributed by atoms with Crippen molar-refractivity contribution in [1.29, 1.82) is 0 Å². The molecule has 2 heterocycles. The quantitative estimate of drug-likeness (QED) is 0.780. The number of anilines is 2. The van der Waals surface area contributed by atoms with Gasteiger partial charge in [0.05, 0.1) is 17.8 Å². The summed E-state index contributed by atoms with van der Waals surface area (Å²) in [6.45, 7) is 2.97. The second-order valence-electron chi connectivity index (χ2n) is 4.09. The van der Waals surface area contributed by atoms with Crippen molar-refractivity contribution in [2.24, 2.45) is 7.05 Å². The summed E-state index contributed by atoms with van der Waals surface area (Å²) in [5, 5.41) is 7.54. The summed E-state index contributed by atoms with van der Waals surface area (Å²) in [5.41, 5.74) is 6.48. The van der Waals surface area contributed by atoms with Crippen molar-refractivity contribution in [1.82, 2.24) is 9.78 Å². The Hall–Kier alpha value is -1.23. The summed E-state index contributed by atoms with van der Waals surface area (Å²) >= 11 is 0. The van der Waals surface area contributed by atoms with Crippen molar-refractivity contribution < 1.29 is 4.74 Å². The number of aromatic nitrogens is 2. The standard InChI is InChI=1S/C10H18N4O/c1-7(9-4-3-5-15-9)12-10-8(11)6-14(2)13-10/h6-7,9H,3-5,11H2,1-2H3,(H,12,13). The summed E-state index contributed by atoms with van der Waals surface area (Å²) in [6, 6.07) is 0.254. The second-order valence-corrected chi connectivity index (χ2v) is 4.09. The molecule has 1 aromatic heterocycles. The van der Waals surface area contributed by atoms with E-state index in [4.69, 9.17) is 10.5 Å². The maximum absolute atomic E-state index is 5.80. The smallest absolute Gasteiger partial charge is 0.171 e. The van der Waals surface area contributed by atoms with Gasteiger partial charge >= 0.3 is 0 Å². The van der Waals surface area contributed by atoms with E-state index in [0.717, 1.165) is 25.3 Å². The first-order valence-electron chi connectivity index (χ1n) is 5.34. The fourth-order valence-corrected chi connectivity index (χ4v) is 1.92. The highest BCUT2D eigenvalue weighted by molar-refractivity contribution is 5.60. The molecule has 15 heavy (non-hydrogen) atoms. The number of ether oxygens (including phenoxy) is 1. The van der Waals surface area contributed by atoms with Gasteiger partial charge in [0, 0.05) is 19.9 Å². The van der Waals surface area contributed by atoms with Crippen molar-refractivity contribution >= 4 is 11.5 Å². The first-order chi connectivity index (χ1) is 7.16. The Morgan fingerprint density at radius 2 is 2.53 bits per heavy atom.